The zero-order chi connectivity index (χ0) is 12.8. The van der Waals surface area contributed by atoms with Crippen LogP contribution in [0, 0.1) is 6.92 Å². The summed E-state index contributed by atoms with van der Waals surface area (Å²) in [6, 6.07) is 1.92. The summed E-state index contributed by atoms with van der Waals surface area (Å²) in [5.74, 6) is 0.0240. The lowest BCUT2D eigenvalue weighted by molar-refractivity contribution is 0.0953. The summed E-state index contributed by atoms with van der Waals surface area (Å²) in [6.07, 6.45) is 0. The average Bonchev–Trinajstić information content (AvgIpc) is 2.65. The Balaban J connectivity index is 2.40. The van der Waals surface area contributed by atoms with Crippen molar-refractivity contribution in [3.63, 3.8) is 0 Å². The van der Waals surface area contributed by atoms with Crippen LogP contribution in [0.15, 0.2) is 9.85 Å². The molecule has 0 spiro atoms. The standard InChI is InChI=1S/C12H19BrN2OS/c1-4-15(5-2)7-6-14-12(16)10-8-9(3)11(13)17-10/h8H,4-7H2,1-3H3,(H,14,16). The van der Waals surface area contributed by atoms with Crippen LogP contribution in [-0.2, 0) is 0 Å². The summed E-state index contributed by atoms with van der Waals surface area (Å²) in [5.41, 5.74) is 1.11. The van der Waals surface area contributed by atoms with E-state index in [0.29, 0.717) is 6.54 Å². The average molecular weight is 319 g/mol. The van der Waals surface area contributed by atoms with E-state index in [9.17, 15) is 4.79 Å². The molecule has 0 aliphatic rings. The molecule has 1 heterocycles. The van der Waals surface area contributed by atoms with Crippen molar-refractivity contribution in [2.75, 3.05) is 26.2 Å². The maximum Gasteiger partial charge on any atom is 0.261 e. The number of hydrogen-bond donors (Lipinski definition) is 1. The number of thiophene rings is 1. The van der Waals surface area contributed by atoms with Crippen LogP contribution >= 0.6 is 27.3 Å². The number of likely N-dealkylation sites (N-methyl/N-ethyl adjacent to an activating group) is 1. The Morgan fingerprint density at radius 2 is 2.12 bits per heavy atom. The Morgan fingerprint density at radius 3 is 2.59 bits per heavy atom. The Kier molecular flexibility index (Phi) is 6.16. The quantitative estimate of drug-likeness (QED) is 0.874. The van der Waals surface area contributed by atoms with Gasteiger partial charge in [-0.05, 0) is 47.6 Å². The van der Waals surface area contributed by atoms with E-state index in [4.69, 9.17) is 0 Å². The molecule has 1 aromatic heterocycles. The van der Waals surface area contributed by atoms with E-state index in [1.807, 2.05) is 13.0 Å². The largest absolute Gasteiger partial charge is 0.350 e. The van der Waals surface area contributed by atoms with Crippen molar-refractivity contribution >= 4 is 33.2 Å². The van der Waals surface area contributed by atoms with E-state index < -0.39 is 0 Å². The van der Waals surface area contributed by atoms with E-state index >= 15 is 0 Å². The number of rotatable bonds is 6. The lowest BCUT2D eigenvalue weighted by Crippen LogP contribution is -2.34. The first-order valence-corrected chi connectivity index (χ1v) is 7.45. The van der Waals surface area contributed by atoms with Gasteiger partial charge < -0.3 is 10.2 Å². The first kappa shape index (κ1) is 14.7. The predicted molar refractivity (Wildman–Crippen MR) is 76.9 cm³/mol. The molecule has 0 aromatic carbocycles. The Bertz CT molecular complexity index is 355. The van der Waals surface area contributed by atoms with Gasteiger partial charge in [0, 0.05) is 13.1 Å². The molecule has 1 rings (SSSR count). The molecule has 0 aliphatic heterocycles. The molecule has 0 bridgehead atoms. The minimum absolute atomic E-state index is 0.0240. The fourth-order valence-corrected chi connectivity index (χ4v) is 2.98. The molecule has 0 saturated carbocycles. The number of amides is 1. The first-order chi connectivity index (χ1) is 8.08. The van der Waals surface area contributed by atoms with Crippen LogP contribution in [-0.4, -0.2) is 37.0 Å². The van der Waals surface area contributed by atoms with Gasteiger partial charge in [0.2, 0.25) is 0 Å². The van der Waals surface area contributed by atoms with Crippen LogP contribution in [0.5, 0.6) is 0 Å². The smallest absolute Gasteiger partial charge is 0.261 e. The van der Waals surface area contributed by atoms with Gasteiger partial charge >= 0.3 is 0 Å². The Hall–Kier alpha value is -0.390. The zero-order valence-corrected chi connectivity index (χ0v) is 12.9. The number of carbonyl (C=O) groups is 1. The molecule has 0 atom stereocenters. The second kappa shape index (κ2) is 7.13. The van der Waals surface area contributed by atoms with Crippen LogP contribution in [0.25, 0.3) is 0 Å². The number of nitrogens with one attached hydrogen (secondary N) is 1. The SMILES string of the molecule is CCN(CC)CCNC(=O)c1cc(C)c(Br)s1. The lowest BCUT2D eigenvalue weighted by atomic mass is 10.3. The highest BCUT2D eigenvalue weighted by Gasteiger charge is 2.10. The molecule has 17 heavy (non-hydrogen) atoms. The maximum atomic E-state index is 11.8. The number of hydrogen-bond acceptors (Lipinski definition) is 3. The third-order valence-electron chi connectivity index (χ3n) is 2.69. The van der Waals surface area contributed by atoms with Gasteiger partial charge in [-0.1, -0.05) is 13.8 Å². The number of carbonyl (C=O) groups excluding carboxylic acids is 1. The van der Waals surface area contributed by atoms with Gasteiger partial charge in [0.1, 0.15) is 0 Å². The van der Waals surface area contributed by atoms with Crippen LogP contribution in [0.3, 0.4) is 0 Å². The normalized spacial score (nSPS) is 10.9. The number of halogens is 1. The van der Waals surface area contributed by atoms with Crippen molar-refractivity contribution in [1.82, 2.24) is 10.2 Å². The topological polar surface area (TPSA) is 32.3 Å². The van der Waals surface area contributed by atoms with Crippen molar-refractivity contribution < 1.29 is 4.79 Å². The minimum Gasteiger partial charge on any atom is -0.350 e. The summed E-state index contributed by atoms with van der Waals surface area (Å²) in [4.78, 5) is 14.9. The fraction of sp³-hybridized carbons (Fsp3) is 0.583. The van der Waals surface area contributed by atoms with Gasteiger partial charge in [-0.2, -0.15) is 0 Å². The van der Waals surface area contributed by atoms with Crippen molar-refractivity contribution in [2.45, 2.75) is 20.8 Å². The Labute approximate surface area is 115 Å². The van der Waals surface area contributed by atoms with Gasteiger partial charge in [-0.3, -0.25) is 4.79 Å². The molecule has 0 radical (unpaired) electrons. The van der Waals surface area contributed by atoms with E-state index in [1.165, 1.54) is 11.3 Å². The van der Waals surface area contributed by atoms with E-state index in [1.54, 1.807) is 0 Å². The molecule has 5 heteroatoms. The van der Waals surface area contributed by atoms with Crippen molar-refractivity contribution in [3.05, 3.63) is 20.3 Å². The maximum absolute atomic E-state index is 11.8. The minimum atomic E-state index is 0.0240. The first-order valence-electron chi connectivity index (χ1n) is 5.85. The fourth-order valence-electron chi connectivity index (χ4n) is 1.53. The molecule has 1 aromatic rings. The highest BCUT2D eigenvalue weighted by Crippen LogP contribution is 2.27. The molecule has 96 valence electrons. The number of aryl methyl sites for hydroxylation is 1. The third kappa shape index (κ3) is 4.41. The van der Waals surface area contributed by atoms with Crippen LogP contribution in [0.1, 0.15) is 29.1 Å². The summed E-state index contributed by atoms with van der Waals surface area (Å²) < 4.78 is 1.03. The monoisotopic (exact) mass is 318 g/mol. The lowest BCUT2D eigenvalue weighted by Gasteiger charge is -2.17. The summed E-state index contributed by atoms with van der Waals surface area (Å²) >= 11 is 4.91. The van der Waals surface area contributed by atoms with E-state index in [-0.39, 0.29) is 5.91 Å². The van der Waals surface area contributed by atoms with Crippen LogP contribution < -0.4 is 5.32 Å². The van der Waals surface area contributed by atoms with Crippen molar-refractivity contribution in [2.24, 2.45) is 0 Å². The van der Waals surface area contributed by atoms with Crippen molar-refractivity contribution in [3.8, 4) is 0 Å². The summed E-state index contributed by atoms with van der Waals surface area (Å²) in [6.45, 7) is 9.91. The van der Waals surface area contributed by atoms with Gasteiger partial charge in [0.15, 0.2) is 0 Å². The van der Waals surface area contributed by atoms with Gasteiger partial charge in [-0.25, -0.2) is 0 Å². The van der Waals surface area contributed by atoms with E-state index in [0.717, 1.165) is 33.9 Å². The third-order valence-corrected chi connectivity index (χ3v) is 4.82. The predicted octanol–water partition coefficient (Wildman–Crippen LogP) is 2.89. The highest BCUT2D eigenvalue weighted by atomic mass is 79.9. The second-order valence-electron chi connectivity index (χ2n) is 3.85. The van der Waals surface area contributed by atoms with Gasteiger partial charge in [0.25, 0.3) is 5.91 Å². The van der Waals surface area contributed by atoms with E-state index in [2.05, 4.69) is 40.0 Å². The molecular formula is C12H19BrN2OS. The summed E-state index contributed by atoms with van der Waals surface area (Å²) in [5, 5.41) is 2.95. The molecule has 1 amide bonds. The van der Waals surface area contributed by atoms with Gasteiger partial charge in [0.05, 0.1) is 8.66 Å². The second-order valence-corrected chi connectivity index (χ2v) is 6.22. The molecule has 0 saturated heterocycles. The summed E-state index contributed by atoms with van der Waals surface area (Å²) in [7, 11) is 0. The Morgan fingerprint density at radius 1 is 1.47 bits per heavy atom. The van der Waals surface area contributed by atoms with Crippen LogP contribution in [0.2, 0.25) is 0 Å². The van der Waals surface area contributed by atoms with Crippen LogP contribution in [0.4, 0.5) is 0 Å². The number of nitrogens with zero attached hydrogens (tertiary/aromatic N) is 1. The molecular weight excluding hydrogens is 300 g/mol. The van der Waals surface area contributed by atoms with Gasteiger partial charge in [-0.15, -0.1) is 11.3 Å². The molecule has 0 fully saturated rings. The molecule has 0 aliphatic carbocycles. The highest BCUT2D eigenvalue weighted by molar-refractivity contribution is 9.11. The molecule has 0 unspecified atom stereocenters. The molecule has 3 nitrogen and oxygen atoms in total. The zero-order valence-electron chi connectivity index (χ0n) is 10.5. The molecule has 1 N–H and O–H groups in total. The van der Waals surface area contributed by atoms with Crippen molar-refractivity contribution in [1.29, 1.82) is 0 Å².